The van der Waals surface area contributed by atoms with Gasteiger partial charge in [-0.3, -0.25) is 9.59 Å². The monoisotopic (exact) mass is 833 g/mol. The fraction of sp³-hybridized carbons (Fsp3) is 0.673. The van der Waals surface area contributed by atoms with Crippen LogP contribution in [0.1, 0.15) is 213 Å². The van der Waals surface area contributed by atoms with Crippen molar-refractivity contribution in [3.8, 4) is 0 Å². The van der Waals surface area contributed by atoms with E-state index in [0.29, 0.717) is 19.4 Å². The first-order chi connectivity index (χ1) is 29.6. The number of esters is 2. The van der Waals surface area contributed by atoms with E-state index in [2.05, 4.69) is 118 Å². The molecule has 342 valence electrons. The molecule has 60 heavy (non-hydrogen) atoms. The van der Waals surface area contributed by atoms with Gasteiger partial charge in [0.25, 0.3) is 0 Å². The van der Waals surface area contributed by atoms with Crippen LogP contribution in [0, 0.1) is 0 Å². The van der Waals surface area contributed by atoms with Crippen molar-refractivity contribution in [1.29, 1.82) is 0 Å². The topological polar surface area (TPSA) is 61.8 Å². The smallest absolute Gasteiger partial charge is 0.306 e. The Morgan fingerprint density at radius 2 is 0.750 bits per heavy atom. The summed E-state index contributed by atoms with van der Waals surface area (Å²) >= 11 is 0. The van der Waals surface area contributed by atoms with Crippen LogP contribution in [0.5, 0.6) is 0 Å². The highest BCUT2D eigenvalue weighted by Crippen LogP contribution is 2.14. The van der Waals surface area contributed by atoms with Crippen molar-refractivity contribution in [3.63, 3.8) is 0 Å². The molecule has 0 spiro atoms. The Bertz CT molecular complexity index is 1170. The predicted molar refractivity (Wildman–Crippen MR) is 260 cm³/mol. The number of carbonyl (C=O) groups is 2. The van der Waals surface area contributed by atoms with Crippen molar-refractivity contribution in [1.82, 2.24) is 0 Å². The molecular formula is C55H92O5. The van der Waals surface area contributed by atoms with Gasteiger partial charge in [-0.15, -0.1) is 0 Å². The second-order valence-corrected chi connectivity index (χ2v) is 16.0. The Hall–Kier alpha value is -3.18. The highest BCUT2D eigenvalue weighted by atomic mass is 16.6. The van der Waals surface area contributed by atoms with Crippen LogP contribution >= 0.6 is 0 Å². The molecule has 0 aromatic rings. The van der Waals surface area contributed by atoms with Gasteiger partial charge < -0.3 is 14.2 Å². The fourth-order valence-electron chi connectivity index (χ4n) is 6.53. The van der Waals surface area contributed by atoms with Crippen LogP contribution in [0.3, 0.4) is 0 Å². The minimum Gasteiger partial charge on any atom is -0.462 e. The first-order valence-corrected chi connectivity index (χ1v) is 24.8. The van der Waals surface area contributed by atoms with Crippen LogP contribution in [0.2, 0.25) is 0 Å². The zero-order valence-corrected chi connectivity index (χ0v) is 39.2. The zero-order valence-electron chi connectivity index (χ0n) is 39.2. The lowest BCUT2D eigenvalue weighted by Gasteiger charge is -2.18. The third-order valence-corrected chi connectivity index (χ3v) is 10.1. The van der Waals surface area contributed by atoms with Gasteiger partial charge in [0.05, 0.1) is 13.2 Å². The van der Waals surface area contributed by atoms with Crippen molar-refractivity contribution in [3.05, 3.63) is 97.2 Å². The molecule has 0 aromatic heterocycles. The lowest BCUT2D eigenvalue weighted by molar-refractivity contribution is -0.162. The van der Waals surface area contributed by atoms with Gasteiger partial charge in [-0.2, -0.15) is 0 Å². The molecule has 0 radical (unpaired) electrons. The summed E-state index contributed by atoms with van der Waals surface area (Å²) in [6.07, 6.45) is 67.2. The molecule has 5 heteroatoms. The molecule has 0 aromatic carbocycles. The molecular weight excluding hydrogens is 741 g/mol. The van der Waals surface area contributed by atoms with Gasteiger partial charge in [0.2, 0.25) is 0 Å². The van der Waals surface area contributed by atoms with E-state index < -0.39 is 6.10 Å². The van der Waals surface area contributed by atoms with Gasteiger partial charge in [-0.1, -0.05) is 214 Å². The molecule has 0 aliphatic rings. The molecule has 5 nitrogen and oxygen atoms in total. The maximum absolute atomic E-state index is 12.7. The fourth-order valence-corrected chi connectivity index (χ4v) is 6.53. The van der Waals surface area contributed by atoms with E-state index in [-0.39, 0.29) is 25.2 Å². The Kier molecular flexibility index (Phi) is 47.5. The van der Waals surface area contributed by atoms with Crippen molar-refractivity contribution >= 4 is 11.9 Å². The molecule has 0 saturated carbocycles. The lowest BCUT2D eigenvalue weighted by atomic mass is 10.0. The average Bonchev–Trinajstić information content (AvgIpc) is 3.25. The van der Waals surface area contributed by atoms with Crippen molar-refractivity contribution < 1.29 is 23.8 Å². The summed E-state index contributed by atoms with van der Waals surface area (Å²) in [7, 11) is 0. The Morgan fingerprint density at radius 3 is 1.20 bits per heavy atom. The second kappa shape index (κ2) is 50.2. The highest BCUT2D eigenvalue weighted by molar-refractivity contribution is 5.70. The SMILES string of the molecule is CC/C=C\C/C=C\C/C=C\C/C=C\C/C=C\CCOCC(COC(=O)CCCCCCCCCCCCCCCCC)OC(=O)CCCCC/C=C\C/C=C\C/C=C\CC. The van der Waals surface area contributed by atoms with Gasteiger partial charge in [-0.25, -0.2) is 0 Å². The number of rotatable bonds is 44. The van der Waals surface area contributed by atoms with E-state index in [1.807, 2.05) is 0 Å². The van der Waals surface area contributed by atoms with Gasteiger partial charge in [0.1, 0.15) is 6.61 Å². The minimum absolute atomic E-state index is 0.0408. The summed E-state index contributed by atoms with van der Waals surface area (Å²) < 4.78 is 17.2. The number of hydrogen-bond donors (Lipinski definition) is 0. The van der Waals surface area contributed by atoms with Crippen molar-refractivity contribution in [2.45, 2.75) is 219 Å². The normalized spacial score (nSPS) is 13.1. The van der Waals surface area contributed by atoms with E-state index in [1.54, 1.807) is 0 Å². The number of unbranched alkanes of at least 4 members (excludes halogenated alkanes) is 17. The molecule has 1 atom stereocenters. The first kappa shape index (κ1) is 56.8. The summed E-state index contributed by atoms with van der Waals surface area (Å²) in [6, 6.07) is 0. The van der Waals surface area contributed by atoms with Crippen LogP contribution in [-0.4, -0.2) is 37.9 Å². The van der Waals surface area contributed by atoms with E-state index in [1.165, 1.54) is 83.5 Å². The second-order valence-electron chi connectivity index (χ2n) is 16.0. The maximum Gasteiger partial charge on any atom is 0.306 e. The van der Waals surface area contributed by atoms with Crippen LogP contribution in [-0.2, 0) is 23.8 Å². The van der Waals surface area contributed by atoms with Gasteiger partial charge >= 0.3 is 11.9 Å². The molecule has 0 rings (SSSR count). The van der Waals surface area contributed by atoms with Crippen LogP contribution < -0.4 is 0 Å². The predicted octanol–water partition coefficient (Wildman–Crippen LogP) is 16.7. The van der Waals surface area contributed by atoms with E-state index in [4.69, 9.17) is 14.2 Å². The number of allylic oxidation sites excluding steroid dienone is 15. The minimum atomic E-state index is -0.593. The standard InChI is InChI=1S/C55H92O5/c1-4-7-10-13-16-19-22-25-27-29-32-35-38-41-44-47-50-58-51-53(60-55(57)49-46-43-40-37-34-30-24-21-18-15-12-9-6-3)52-59-54(56)48-45-42-39-36-33-31-28-26-23-20-17-14-11-8-5-2/h7,9-10,12,16,18-19,21,25,27,30,32,34-35,41,44,53H,4-6,8,11,13-15,17,20,22-24,26,28-29,31,33,36-40,42-43,45-52H2,1-3H3/b10-7-,12-9-,19-16-,21-18-,27-25-,34-30-,35-32-,44-41-. The van der Waals surface area contributed by atoms with Gasteiger partial charge in [0.15, 0.2) is 6.10 Å². The molecule has 0 aliphatic carbocycles. The summed E-state index contributed by atoms with van der Waals surface area (Å²) in [5, 5.41) is 0. The molecule has 0 bridgehead atoms. The van der Waals surface area contributed by atoms with Gasteiger partial charge in [-0.05, 0) is 83.5 Å². The molecule has 0 aliphatic heterocycles. The third kappa shape index (κ3) is 47.5. The van der Waals surface area contributed by atoms with Gasteiger partial charge in [0, 0.05) is 12.8 Å². The average molecular weight is 833 g/mol. The van der Waals surface area contributed by atoms with E-state index in [0.717, 1.165) is 96.3 Å². The number of hydrogen-bond acceptors (Lipinski definition) is 5. The zero-order chi connectivity index (χ0) is 43.5. The third-order valence-electron chi connectivity index (χ3n) is 10.1. The molecule has 0 amide bonds. The molecule has 0 saturated heterocycles. The first-order valence-electron chi connectivity index (χ1n) is 24.8. The van der Waals surface area contributed by atoms with Crippen molar-refractivity contribution in [2.24, 2.45) is 0 Å². The van der Waals surface area contributed by atoms with Crippen LogP contribution in [0.15, 0.2) is 97.2 Å². The number of carbonyl (C=O) groups excluding carboxylic acids is 2. The summed E-state index contributed by atoms with van der Waals surface area (Å²) in [5.74, 6) is -0.473. The summed E-state index contributed by atoms with van der Waals surface area (Å²) in [5.41, 5.74) is 0. The maximum atomic E-state index is 12.7. The van der Waals surface area contributed by atoms with Crippen LogP contribution in [0.25, 0.3) is 0 Å². The Labute approximate surface area is 371 Å². The number of ether oxygens (including phenoxy) is 3. The van der Waals surface area contributed by atoms with Crippen LogP contribution in [0.4, 0.5) is 0 Å². The van der Waals surface area contributed by atoms with E-state index in [9.17, 15) is 9.59 Å². The van der Waals surface area contributed by atoms with E-state index >= 15 is 0 Å². The van der Waals surface area contributed by atoms with Crippen molar-refractivity contribution in [2.75, 3.05) is 19.8 Å². The quantitative estimate of drug-likeness (QED) is 0.0348. The Morgan fingerprint density at radius 1 is 0.383 bits per heavy atom. The summed E-state index contributed by atoms with van der Waals surface area (Å²) in [6.45, 7) is 7.36. The largest absolute Gasteiger partial charge is 0.462 e. The highest BCUT2D eigenvalue weighted by Gasteiger charge is 2.17. The Balaban J connectivity index is 4.42. The molecule has 1 unspecified atom stereocenters. The molecule has 0 fully saturated rings. The lowest BCUT2D eigenvalue weighted by Crippen LogP contribution is -2.30. The molecule has 0 heterocycles. The molecule has 0 N–H and O–H groups in total. The summed E-state index contributed by atoms with van der Waals surface area (Å²) in [4.78, 5) is 25.3.